The molecule has 0 aliphatic rings. The highest BCUT2D eigenvalue weighted by Crippen LogP contribution is 2.23. The minimum Gasteiger partial charge on any atom is -0.488 e. The third-order valence-electron chi connectivity index (χ3n) is 2.76. The van der Waals surface area contributed by atoms with Crippen molar-refractivity contribution in [2.24, 2.45) is 0 Å². The molecule has 0 saturated heterocycles. The lowest BCUT2D eigenvalue weighted by atomic mass is 10.2. The van der Waals surface area contributed by atoms with Crippen LogP contribution in [-0.4, -0.2) is 20.3 Å². The first kappa shape index (κ1) is 15.5. The van der Waals surface area contributed by atoms with Crippen LogP contribution in [0.15, 0.2) is 40.2 Å². The van der Waals surface area contributed by atoms with Crippen LogP contribution in [-0.2, 0) is 17.9 Å². The molecule has 0 spiro atoms. The summed E-state index contributed by atoms with van der Waals surface area (Å²) in [6.45, 7) is 2.94. The van der Waals surface area contributed by atoms with Crippen molar-refractivity contribution >= 4 is 27.3 Å². The number of thiophene rings is 1. The fourth-order valence-corrected chi connectivity index (χ4v) is 3.13. The van der Waals surface area contributed by atoms with E-state index in [1.807, 2.05) is 18.2 Å². The maximum absolute atomic E-state index is 5.91. The number of methoxy groups -OCH3 is 1. The van der Waals surface area contributed by atoms with Gasteiger partial charge in [0.05, 0.1) is 6.61 Å². The van der Waals surface area contributed by atoms with Gasteiger partial charge < -0.3 is 14.8 Å². The number of para-hydroxylation sites is 1. The van der Waals surface area contributed by atoms with E-state index in [-0.39, 0.29) is 0 Å². The van der Waals surface area contributed by atoms with E-state index in [0.717, 1.165) is 23.3 Å². The Morgan fingerprint density at radius 3 is 2.90 bits per heavy atom. The molecule has 0 saturated carbocycles. The summed E-state index contributed by atoms with van der Waals surface area (Å²) >= 11 is 5.15. The highest BCUT2D eigenvalue weighted by Gasteiger charge is 2.04. The van der Waals surface area contributed by atoms with Crippen LogP contribution in [0.4, 0.5) is 0 Å². The van der Waals surface area contributed by atoms with Gasteiger partial charge in [0.15, 0.2) is 0 Å². The summed E-state index contributed by atoms with van der Waals surface area (Å²) < 4.78 is 12.0. The molecule has 2 aromatic rings. The third kappa shape index (κ3) is 4.90. The number of rotatable bonds is 8. The van der Waals surface area contributed by atoms with Crippen LogP contribution in [0.25, 0.3) is 0 Å². The molecule has 1 aromatic heterocycles. The van der Waals surface area contributed by atoms with Gasteiger partial charge in [0.25, 0.3) is 0 Å². The van der Waals surface area contributed by atoms with Crippen molar-refractivity contribution in [2.75, 3.05) is 20.3 Å². The van der Waals surface area contributed by atoms with Crippen LogP contribution in [0.1, 0.15) is 10.4 Å². The van der Waals surface area contributed by atoms with E-state index in [1.165, 1.54) is 10.4 Å². The lowest BCUT2D eigenvalue weighted by molar-refractivity contribution is 0.199. The van der Waals surface area contributed by atoms with Gasteiger partial charge in [-0.1, -0.05) is 18.2 Å². The Hall–Kier alpha value is -0.880. The largest absolute Gasteiger partial charge is 0.488 e. The molecule has 0 amide bonds. The minimum atomic E-state index is 0.603. The Labute approximate surface area is 132 Å². The molecule has 0 aliphatic carbocycles. The molecule has 0 aliphatic heterocycles. The summed E-state index contributed by atoms with van der Waals surface area (Å²) in [5, 5.41) is 5.40. The van der Waals surface area contributed by atoms with Gasteiger partial charge in [-0.3, -0.25) is 0 Å². The zero-order valence-electron chi connectivity index (χ0n) is 11.4. The predicted octanol–water partition coefficient (Wildman–Crippen LogP) is 3.83. The normalized spacial score (nSPS) is 10.7. The maximum atomic E-state index is 5.91. The third-order valence-corrected chi connectivity index (χ3v) is 4.43. The summed E-state index contributed by atoms with van der Waals surface area (Å²) in [6, 6.07) is 10.2. The van der Waals surface area contributed by atoms with Gasteiger partial charge in [0.2, 0.25) is 0 Å². The van der Waals surface area contributed by atoms with Crippen molar-refractivity contribution in [1.29, 1.82) is 0 Å². The summed E-state index contributed by atoms with van der Waals surface area (Å²) in [7, 11) is 1.71. The monoisotopic (exact) mass is 355 g/mol. The van der Waals surface area contributed by atoms with E-state index in [2.05, 4.69) is 38.8 Å². The van der Waals surface area contributed by atoms with Crippen LogP contribution in [0.3, 0.4) is 0 Å². The molecule has 0 atom stereocenters. The molecule has 1 heterocycles. The number of hydrogen-bond acceptors (Lipinski definition) is 4. The second-order valence-electron chi connectivity index (χ2n) is 4.30. The second kappa shape index (κ2) is 8.42. The molecule has 5 heteroatoms. The first-order chi connectivity index (χ1) is 9.79. The van der Waals surface area contributed by atoms with E-state index in [9.17, 15) is 0 Å². The van der Waals surface area contributed by atoms with E-state index in [0.29, 0.717) is 13.2 Å². The summed E-state index contributed by atoms with van der Waals surface area (Å²) in [5.41, 5.74) is 1.17. The van der Waals surface area contributed by atoms with E-state index in [4.69, 9.17) is 9.47 Å². The van der Waals surface area contributed by atoms with Crippen LogP contribution >= 0.6 is 27.3 Å². The number of benzene rings is 1. The number of halogens is 1. The van der Waals surface area contributed by atoms with Gasteiger partial charge in [-0.05, 0) is 28.1 Å². The Morgan fingerprint density at radius 2 is 2.15 bits per heavy atom. The molecule has 1 N–H and O–H groups in total. The molecule has 0 radical (unpaired) electrons. The van der Waals surface area contributed by atoms with E-state index < -0.39 is 0 Å². The van der Waals surface area contributed by atoms with E-state index in [1.54, 1.807) is 18.4 Å². The highest BCUT2D eigenvalue weighted by molar-refractivity contribution is 9.10. The minimum absolute atomic E-state index is 0.603. The molecule has 20 heavy (non-hydrogen) atoms. The molecule has 108 valence electrons. The Morgan fingerprint density at radius 1 is 1.30 bits per heavy atom. The van der Waals surface area contributed by atoms with Crippen LogP contribution in [0, 0.1) is 0 Å². The number of hydrogen-bond donors (Lipinski definition) is 1. The summed E-state index contributed by atoms with van der Waals surface area (Å²) in [6.07, 6.45) is 0. The zero-order valence-corrected chi connectivity index (χ0v) is 13.8. The second-order valence-corrected chi connectivity index (χ2v) is 6.21. The van der Waals surface area contributed by atoms with Crippen LogP contribution in [0.5, 0.6) is 5.75 Å². The van der Waals surface area contributed by atoms with Gasteiger partial charge in [-0.15, -0.1) is 11.3 Å². The topological polar surface area (TPSA) is 30.5 Å². The lowest BCUT2D eigenvalue weighted by Crippen LogP contribution is -2.19. The average Bonchev–Trinajstić information content (AvgIpc) is 2.88. The molecule has 1 aromatic carbocycles. The number of nitrogens with one attached hydrogen (secondary N) is 1. The molecule has 0 fully saturated rings. The fourth-order valence-electron chi connectivity index (χ4n) is 1.77. The Bertz CT molecular complexity index is 530. The predicted molar refractivity (Wildman–Crippen MR) is 86.4 cm³/mol. The highest BCUT2D eigenvalue weighted by atomic mass is 79.9. The van der Waals surface area contributed by atoms with Crippen LogP contribution < -0.4 is 10.1 Å². The maximum Gasteiger partial charge on any atom is 0.124 e. The smallest absolute Gasteiger partial charge is 0.124 e. The molecular formula is C15H18BrNO2S. The molecular weight excluding hydrogens is 338 g/mol. The number of ether oxygens (including phenoxy) is 2. The Balaban J connectivity index is 1.90. The SMILES string of the molecule is COCCNCc1ccccc1OCc1cc(Br)cs1. The van der Waals surface area contributed by atoms with Crippen molar-refractivity contribution in [2.45, 2.75) is 13.2 Å². The van der Waals surface area contributed by atoms with Gasteiger partial charge in [0.1, 0.15) is 12.4 Å². The zero-order chi connectivity index (χ0) is 14.2. The van der Waals surface area contributed by atoms with Crippen molar-refractivity contribution in [3.8, 4) is 5.75 Å². The molecule has 0 bridgehead atoms. The summed E-state index contributed by atoms with van der Waals surface area (Å²) in [4.78, 5) is 1.21. The average molecular weight is 356 g/mol. The fraction of sp³-hybridized carbons (Fsp3) is 0.333. The van der Waals surface area contributed by atoms with Crippen molar-refractivity contribution in [3.05, 3.63) is 50.6 Å². The van der Waals surface area contributed by atoms with Gasteiger partial charge >= 0.3 is 0 Å². The van der Waals surface area contributed by atoms with Gasteiger partial charge in [-0.25, -0.2) is 0 Å². The molecule has 3 nitrogen and oxygen atoms in total. The lowest BCUT2D eigenvalue weighted by Gasteiger charge is -2.11. The van der Waals surface area contributed by atoms with E-state index >= 15 is 0 Å². The van der Waals surface area contributed by atoms with Gasteiger partial charge in [0, 0.05) is 40.5 Å². The van der Waals surface area contributed by atoms with Crippen molar-refractivity contribution < 1.29 is 9.47 Å². The Kier molecular flexibility index (Phi) is 6.53. The van der Waals surface area contributed by atoms with Crippen molar-refractivity contribution in [1.82, 2.24) is 5.32 Å². The quantitative estimate of drug-likeness (QED) is 0.730. The first-order valence-corrected chi connectivity index (χ1v) is 8.10. The molecule has 0 unspecified atom stereocenters. The molecule has 2 rings (SSSR count). The van der Waals surface area contributed by atoms with Crippen LogP contribution in [0.2, 0.25) is 0 Å². The van der Waals surface area contributed by atoms with Gasteiger partial charge in [-0.2, -0.15) is 0 Å². The van der Waals surface area contributed by atoms with Crippen molar-refractivity contribution in [3.63, 3.8) is 0 Å². The summed E-state index contributed by atoms with van der Waals surface area (Å²) in [5.74, 6) is 0.932. The first-order valence-electron chi connectivity index (χ1n) is 6.43. The standard InChI is InChI=1S/C15H18BrNO2S/c1-18-7-6-17-9-12-4-2-3-5-15(12)19-10-14-8-13(16)11-20-14/h2-5,8,11,17H,6-7,9-10H2,1H3.